The van der Waals surface area contributed by atoms with E-state index in [2.05, 4.69) is 9.64 Å². The third kappa shape index (κ3) is 3.09. The van der Waals surface area contributed by atoms with Crippen molar-refractivity contribution in [3.63, 3.8) is 0 Å². The topological polar surface area (TPSA) is 48.0 Å². The molecule has 1 fully saturated rings. The first-order chi connectivity index (χ1) is 7.45. The normalized spacial score (nSPS) is 34.9. The van der Waals surface area contributed by atoms with Crippen molar-refractivity contribution in [3.05, 3.63) is 0 Å². The molecule has 16 heavy (non-hydrogen) atoms. The Labute approximate surface area is 96.6 Å². The van der Waals surface area contributed by atoms with E-state index in [1.54, 1.807) is 0 Å². The van der Waals surface area contributed by atoms with E-state index in [4.69, 9.17) is 9.47 Å². The van der Waals surface area contributed by atoms with Crippen LogP contribution in [-0.4, -0.2) is 56.6 Å². The molecule has 5 nitrogen and oxygen atoms in total. The van der Waals surface area contributed by atoms with Crippen molar-refractivity contribution < 1.29 is 19.0 Å². The van der Waals surface area contributed by atoms with Crippen LogP contribution in [0.4, 0.5) is 4.79 Å². The van der Waals surface area contributed by atoms with Crippen molar-refractivity contribution in [1.82, 2.24) is 4.90 Å². The second kappa shape index (κ2) is 5.50. The van der Waals surface area contributed by atoms with E-state index in [0.717, 1.165) is 6.42 Å². The van der Waals surface area contributed by atoms with Crippen molar-refractivity contribution in [3.8, 4) is 0 Å². The van der Waals surface area contributed by atoms with Gasteiger partial charge in [-0.2, -0.15) is 0 Å². The Morgan fingerprint density at radius 3 is 2.50 bits per heavy atom. The molecule has 1 saturated heterocycles. The molecule has 1 heterocycles. The SMILES string of the molecule is COC(=O)O[C@H]1[C@H](C)O[C@H](C)C[C@@H]1N(C)C. The Morgan fingerprint density at radius 1 is 1.38 bits per heavy atom. The van der Waals surface area contributed by atoms with Crippen molar-refractivity contribution in [2.45, 2.75) is 44.6 Å². The highest BCUT2D eigenvalue weighted by Crippen LogP contribution is 2.25. The van der Waals surface area contributed by atoms with Crippen molar-refractivity contribution >= 4 is 6.16 Å². The highest BCUT2D eigenvalue weighted by atomic mass is 16.7. The fourth-order valence-corrected chi connectivity index (χ4v) is 2.12. The molecule has 0 amide bonds. The summed E-state index contributed by atoms with van der Waals surface area (Å²) in [5.41, 5.74) is 0. The van der Waals surface area contributed by atoms with Gasteiger partial charge >= 0.3 is 6.16 Å². The Morgan fingerprint density at radius 2 is 2.00 bits per heavy atom. The number of methoxy groups -OCH3 is 1. The van der Waals surface area contributed by atoms with Gasteiger partial charge in [0.25, 0.3) is 0 Å². The number of hydrogen-bond acceptors (Lipinski definition) is 5. The molecule has 4 atom stereocenters. The minimum atomic E-state index is -0.651. The maximum absolute atomic E-state index is 11.2. The minimum Gasteiger partial charge on any atom is -0.438 e. The first-order valence-corrected chi connectivity index (χ1v) is 5.52. The molecule has 0 unspecified atom stereocenters. The smallest absolute Gasteiger partial charge is 0.438 e. The Bertz CT molecular complexity index is 244. The largest absolute Gasteiger partial charge is 0.508 e. The molecule has 0 saturated carbocycles. The van der Waals surface area contributed by atoms with Gasteiger partial charge in [0, 0.05) is 0 Å². The van der Waals surface area contributed by atoms with Crippen LogP contribution >= 0.6 is 0 Å². The summed E-state index contributed by atoms with van der Waals surface area (Å²) in [6, 6.07) is 0.165. The Hall–Kier alpha value is -0.810. The van der Waals surface area contributed by atoms with E-state index in [9.17, 15) is 4.79 Å². The summed E-state index contributed by atoms with van der Waals surface area (Å²) in [6.07, 6.45) is -0.0189. The zero-order valence-corrected chi connectivity index (χ0v) is 10.6. The van der Waals surface area contributed by atoms with Gasteiger partial charge in [-0.25, -0.2) is 4.79 Å². The Kier molecular flexibility index (Phi) is 4.56. The maximum atomic E-state index is 11.2. The van der Waals surface area contributed by atoms with Gasteiger partial charge in [-0.05, 0) is 34.4 Å². The number of hydrogen-bond donors (Lipinski definition) is 0. The summed E-state index contributed by atoms with van der Waals surface area (Å²) in [4.78, 5) is 13.2. The fourth-order valence-electron chi connectivity index (χ4n) is 2.12. The number of carbonyl (C=O) groups is 1. The molecule has 0 radical (unpaired) electrons. The van der Waals surface area contributed by atoms with Gasteiger partial charge in [0.15, 0.2) is 0 Å². The van der Waals surface area contributed by atoms with Crippen LogP contribution < -0.4 is 0 Å². The molecule has 1 rings (SSSR count). The quantitative estimate of drug-likeness (QED) is 0.670. The second-order valence-corrected chi connectivity index (χ2v) is 4.46. The van der Waals surface area contributed by atoms with E-state index < -0.39 is 6.16 Å². The van der Waals surface area contributed by atoms with Gasteiger partial charge in [0.1, 0.15) is 6.10 Å². The predicted molar refractivity (Wildman–Crippen MR) is 59.4 cm³/mol. The van der Waals surface area contributed by atoms with Gasteiger partial charge in [-0.3, -0.25) is 0 Å². The second-order valence-electron chi connectivity index (χ2n) is 4.46. The molecule has 0 aromatic heterocycles. The van der Waals surface area contributed by atoms with Crippen LogP contribution in [0.5, 0.6) is 0 Å². The van der Waals surface area contributed by atoms with Crippen LogP contribution in [0.2, 0.25) is 0 Å². The standard InChI is InChI=1S/C11H21NO4/c1-7-6-9(12(3)4)10(8(2)15-7)16-11(13)14-5/h7-10H,6H2,1-5H3/t7-,8+,9+,10+/m1/s1. The van der Waals surface area contributed by atoms with Crippen molar-refractivity contribution in [2.75, 3.05) is 21.2 Å². The number of nitrogens with zero attached hydrogens (tertiary/aromatic N) is 1. The van der Waals surface area contributed by atoms with Crippen LogP contribution in [-0.2, 0) is 14.2 Å². The fraction of sp³-hybridized carbons (Fsp3) is 0.909. The van der Waals surface area contributed by atoms with E-state index in [1.807, 2.05) is 27.9 Å². The first kappa shape index (κ1) is 13.3. The molecule has 0 N–H and O–H groups in total. The third-order valence-electron chi connectivity index (χ3n) is 2.92. The molecular formula is C11H21NO4. The summed E-state index contributed by atoms with van der Waals surface area (Å²) in [6.45, 7) is 3.95. The predicted octanol–water partition coefficient (Wildman–Crippen LogP) is 1.27. The summed E-state index contributed by atoms with van der Waals surface area (Å²) in [5.74, 6) is 0. The van der Waals surface area contributed by atoms with Gasteiger partial charge in [-0.15, -0.1) is 0 Å². The number of ether oxygens (including phenoxy) is 3. The van der Waals surface area contributed by atoms with Gasteiger partial charge in [0.2, 0.25) is 0 Å². The first-order valence-electron chi connectivity index (χ1n) is 5.52. The van der Waals surface area contributed by atoms with Gasteiger partial charge in [0.05, 0.1) is 25.4 Å². The molecule has 1 aliphatic heterocycles. The molecule has 5 heteroatoms. The van der Waals surface area contributed by atoms with E-state index in [0.29, 0.717) is 0 Å². The Balaban J connectivity index is 2.71. The monoisotopic (exact) mass is 231 g/mol. The van der Waals surface area contributed by atoms with Gasteiger partial charge < -0.3 is 19.1 Å². The molecule has 0 aromatic rings. The lowest BCUT2D eigenvalue weighted by Gasteiger charge is -2.41. The van der Waals surface area contributed by atoms with Crippen LogP contribution in [0.1, 0.15) is 20.3 Å². The lowest BCUT2D eigenvalue weighted by Crippen LogP contribution is -2.54. The van der Waals surface area contributed by atoms with Crippen molar-refractivity contribution in [1.29, 1.82) is 0 Å². The summed E-state index contributed by atoms with van der Waals surface area (Å²) < 4.78 is 15.4. The highest BCUT2D eigenvalue weighted by Gasteiger charge is 2.39. The number of rotatable bonds is 2. The minimum absolute atomic E-state index is 0.116. The van der Waals surface area contributed by atoms with Crippen molar-refractivity contribution in [2.24, 2.45) is 0 Å². The lowest BCUT2D eigenvalue weighted by atomic mass is 9.95. The van der Waals surface area contributed by atoms with Crippen LogP contribution in [0, 0.1) is 0 Å². The zero-order chi connectivity index (χ0) is 12.3. The maximum Gasteiger partial charge on any atom is 0.508 e. The third-order valence-corrected chi connectivity index (χ3v) is 2.92. The average Bonchev–Trinajstić information content (AvgIpc) is 2.20. The van der Waals surface area contributed by atoms with E-state index in [1.165, 1.54) is 7.11 Å². The molecule has 94 valence electrons. The summed E-state index contributed by atoms with van der Waals surface area (Å²) in [7, 11) is 5.26. The number of likely N-dealkylation sites (N-methyl/N-ethyl adjacent to an activating group) is 1. The molecule has 0 bridgehead atoms. The molecular weight excluding hydrogens is 210 g/mol. The van der Waals surface area contributed by atoms with Gasteiger partial charge in [-0.1, -0.05) is 0 Å². The zero-order valence-electron chi connectivity index (χ0n) is 10.6. The summed E-state index contributed by atoms with van der Waals surface area (Å²) in [5, 5.41) is 0. The van der Waals surface area contributed by atoms with Crippen LogP contribution in [0.15, 0.2) is 0 Å². The van der Waals surface area contributed by atoms with E-state index in [-0.39, 0.29) is 24.4 Å². The summed E-state index contributed by atoms with van der Waals surface area (Å²) >= 11 is 0. The average molecular weight is 231 g/mol. The molecule has 0 aromatic carbocycles. The lowest BCUT2D eigenvalue weighted by molar-refractivity contribution is -0.143. The molecule has 0 aliphatic carbocycles. The van der Waals surface area contributed by atoms with E-state index >= 15 is 0 Å². The number of carbonyl (C=O) groups excluding carboxylic acids is 1. The highest BCUT2D eigenvalue weighted by molar-refractivity contribution is 5.60. The van der Waals surface area contributed by atoms with Crippen LogP contribution in [0.3, 0.4) is 0 Å². The van der Waals surface area contributed by atoms with Crippen LogP contribution in [0.25, 0.3) is 0 Å². The molecule has 0 spiro atoms. The molecule has 1 aliphatic rings.